The molecule has 0 aromatic carbocycles. The molecule has 1 N–H and O–H groups in total. The van der Waals surface area contributed by atoms with Crippen molar-refractivity contribution in [2.24, 2.45) is 0 Å². The smallest absolute Gasteiger partial charge is 0.244 e. The zero-order valence-electron chi connectivity index (χ0n) is 10.7. The highest BCUT2D eigenvalue weighted by atomic mass is 16.5. The molecule has 1 amide bonds. The normalized spacial score (nSPS) is 17.3. The lowest BCUT2D eigenvalue weighted by molar-refractivity contribution is -0.135. The molecule has 98 valence electrons. The highest BCUT2D eigenvalue weighted by Gasteiger charge is 2.22. The molecule has 1 fully saturated rings. The number of rotatable bonds is 3. The van der Waals surface area contributed by atoms with Crippen molar-refractivity contribution in [2.75, 3.05) is 31.6 Å². The van der Waals surface area contributed by atoms with Gasteiger partial charge in [-0.05, 0) is 13.8 Å². The molecule has 1 aliphatic heterocycles. The van der Waals surface area contributed by atoms with Gasteiger partial charge in [-0.25, -0.2) is 9.97 Å². The lowest BCUT2D eigenvalue weighted by Gasteiger charge is -2.29. The van der Waals surface area contributed by atoms with Crippen molar-refractivity contribution >= 4 is 11.7 Å². The monoisotopic (exact) mass is 250 g/mol. The van der Waals surface area contributed by atoms with Crippen molar-refractivity contribution in [3.8, 4) is 0 Å². The van der Waals surface area contributed by atoms with Gasteiger partial charge in [0, 0.05) is 24.8 Å². The molecule has 0 saturated carbocycles. The number of carbonyl (C=O) groups is 1. The Bertz CT molecular complexity index is 418. The summed E-state index contributed by atoms with van der Waals surface area (Å²) in [5.41, 5.74) is 0.874. The Hall–Kier alpha value is -1.69. The third-order valence-electron chi connectivity index (χ3n) is 2.86. The van der Waals surface area contributed by atoms with E-state index in [2.05, 4.69) is 15.3 Å². The first kappa shape index (κ1) is 12.8. The van der Waals surface area contributed by atoms with Gasteiger partial charge in [-0.15, -0.1) is 0 Å². The third kappa shape index (κ3) is 3.16. The van der Waals surface area contributed by atoms with Crippen LogP contribution in [-0.4, -0.2) is 53.1 Å². The number of nitrogens with zero attached hydrogens (tertiary/aromatic N) is 3. The molecule has 2 rings (SSSR count). The fourth-order valence-electron chi connectivity index (χ4n) is 1.87. The largest absolute Gasteiger partial charge is 0.378 e. The van der Waals surface area contributed by atoms with Gasteiger partial charge in [0.05, 0.1) is 13.2 Å². The molecule has 6 nitrogen and oxygen atoms in total. The first-order valence-electron chi connectivity index (χ1n) is 6.08. The van der Waals surface area contributed by atoms with Gasteiger partial charge in [-0.3, -0.25) is 4.79 Å². The summed E-state index contributed by atoms with van der Waals surface area (Å²) in [5, 5.41) is 3.10. The highest BCUT2D eigenvalue weighted by Crippen LogP contribution is 2.07. The molecule has 1 atom stereocenters. The Balaban J connectivity index is 1.94. The van der Waals surface area contributed by atoms with Crippen molar-refractivity contribution < 1.29 is 9.53 Å². The third-order valence-corrected chi connectivity index (χ3v) is 2.86. The van der Waals surface area contributed by atoms with Gasteiger partial charge in [0.15, 0.2) is 0 Å². The number of hydrogen-bond acceptors (Lipinski definition) is 5. The van der Waals surface area contributed by atoms with E-state index < -0.39 is 0 Å². The molecule has 0 spiro atoms. The van der Waals surface area contributed by atoms with Crippen LogP contribution >= 0.6 is 0 Å². The van der Waals surface area contributed by atoms with Crippen LogP contribution in [0, 0.1) is 6.92 Å². The zero-order chi connectivity index (χ0) is 13.0. The van der Waals surface area contributed by atoms with Crippen LogP contribution in [0.15, 0.2) is 12.4 Å². The standard InChI is InChI=1S/C12H18N4O2/c1-9-7-11(14-8-13-9)15-10(2)12(17)16-3-5-18-6-4-16/h7-8,10H,3-6H2,1-2H3,(H,13,14,15). The molecule has 18 heavy (non-hydrogen) atoms. The van der Waals surface area contributed by atoms with E-state index in [0.29, 0.717) is 32.1 Å². The Labute approximate surface area is 106 Å². The Kier molecular flexibility index (Phi) is 4.09. The van der Waals surface area contributed by atoms with Crippen LogP contribution in [0.5, 0.6) is 0 Å². The van der Waals surface area contributed by atoms with E-state index in [-0.39, 0.29) is 11.9 Å². The fourth-order valence-corrected chi connectivity index (χ4v) is 1.87. The maximum Gasteiger partial charge on any atom is 0.244 e. The molecule has 0 bridgehead atoms. The van der Waals surface area contributed by atoms with E-state index in [4.69, 9.17) is 4.74 Å². The molecule has 0 radical (unpaired) electrons. The van der Waals surface area contributed by atoms with Crippen LogP contribution in [0.2, 0.25) is 0 Å². The fraction of sp³-hybridized carbons (Fsp3) is 0.583. The summed E-state index contributed by atoms with van der Waals surface area (Å²) in [4.78, 5) is 22.1. The summed E-state index contributed by atoms with van der Waals surface area (Å²) in [6, 6.07) is 1.53. The van der Waals surface area contributed by atoms with Crippen molar-refractivity contribution in [3.05, 3.63) is 18.1 Å². The summed E-state index contributed by atoms with van der Waals surface area (Å²) >= 11 is 0. The van der Waals surface area contributed by atoms with Crippen LogP contribution in [-0.2, 0) is 9.53 Å². The van der Waals surface area contributed by atoms with E-state index in [9.17, 15) is 4.79 Å². The van der Waals surface area contributed by atoms with Gasteiger partial charge in [-0.1, -0.05) is 0 Å². The molecule has 1 aromatic rings. The molecule has 1 aliphatic rings. The Morgan fingerprint density at radius 3 is 2.83 bits per heavy atom. The average Bonchev–Trinajstić information content (AvgIpc) is 2.39. The highest BCUT2D eigenvalue weighted by molar-refractivity contribution is 5.84. The van der Waals surface area contributed by atoms with E-state index in [1.54, 1.807) is 0 Å². The van der Waals surface area contributed by atoms with Crippen molar-refractivity contribution in [2.45, 2.75) is 19.9 Å². The van der Waals surface area contributed by atoms with Crippen molar-refractivity contribution in [1.29, 1.82) is 0 Å². The second kappa shape index (κ2) is 5.77. The first-order valence-corrected chi connectivity index (χ1v) is 6.08. The SMILES string of the molecule is Cc1cc(NC(C)C(=O)N2CCOCC2)ncn1. The molecule has 2 heterocycles. The molecule has 1 aromatic heterocycles. The van der Waals surface area contributed by atoms with Crippen molar-refractivity contribution in [1.82, 2.24) is 14.9 Å². The average molecular weight is 250 g/mol. The predicted molar refractivity (Wildman–Crippen MR) is 67.3 cm³/mol. The second-order valence-corrected chi connectivity index (χ2v) is 4.35. The Morgan fingerprint density at radius 1 is 1.44 bits per heavy atom. The summed E-state index contributed by atoms with van der Waals surface area (Å²) < 4.78 is 5.23. The van der Waals surface area contributed by atoms with Gasteiger partial charge < -0.3 is 15.0 Å². The minimum atomic E-state index is -0.294. The number of morpholine rings is 1. The van der Waals surface area contributed by atoms with E-state index >= 15 is 0 Å². The summed E-state index contributed by atoms with van der Waals surface area (Å²) in [6.07, 6.45) is 1.49. The summed E-state index contributed by atoms with van der Waals surface area (Å²) in [5.74, 6) is 0.756. The summed E-state index contributed by atoms with van der Waals surface area (Å²) in [7, 11) is 0. The van der Waals surface area contributed by atoms with Crippen LogP contribution in [0.4, 0.5) is 5.82 Å². The molecule has 1 saturated heterocycles. The number of anilines is 1. The van der Waals surface area contributed by atoms with Crippen molar-refractivity contribution in [3.63, 3.8) is 0 Å². The lowest BCUT2D eigenvalue weighted by Crippen LogP contribution is -2.47. The number of amides is 1. The number of ether oxygens (including phenoxy) is 1. The number of aryl methyl sites for hydroxylation is 1. The Morgan fingerprint density at radius 2 is 2.17 bits per heavy atom. The topological polar surface area (TPSA) is 67.4 Å². The predicted octanol–water partition coefficient (Wildman–Crippen LogP) is 0.444. The molecular formula is C12H18N4O2. The maximum absolute atomic E-state index is 12.2. The zero-order valence-corrected chi connectivity index (χ0v) is 10.7. The number of carbonyl (C=O) groups excluding carboxylic acids is 1. The minimum absolute atomic E-state index is 0.0783. The van der Waals surface area contributed by atoms with Crippen LogP contribution in [0.25, 0.3) is 0 Å². The minimum Gasteiger partial charge on any atom is -0.378 e. The second-order valence-electron chi connectivity index (χ2n) is 4.35. The van der Waals surface area contributed by atoms with E-state index in [0.717, 1.165) is 5.69 Å². The molecule has 0 aliphatic carbocycles. The molecular weight excluding hydrogens is 232 g/mol. The molecule has 1 unspecified atom stereocenters. The van der Waals surface area contributed by atoms with Gasteiger partial charge in [0.1, 0.15) is 18.2 Å². The maximum atomic E-state index is 12.2. The van der Waals surface area contributed by atoms with Crippen LogP contribution < -0.4 is 5.32 Å². The number of hydrogen-bond donors (Lipinski definition) is 1. The van der Waals surface area contributed by atoms with Crippen LogP contribution in [0.1, 0.15) is 12.6 Å². The van der Waals surface area contributed by atoms with Gasteiger partial charge >= 0.3 is 0 Å². The van der Waals surface area contributed by atoms with E-state index in [1.807, 2.05) is 24.8 Å². The van der Waals surface area contributed by atoms with Gasteiger partial charge in [-0.2, -0.15) is 0 Å². The van der Waals surface area contributed by atoms with Crippen LogP contribution in [0.3, 0.4) is 0 Å². The summed E-state index contributed by atoms with van der Waals surface area (Å²) in [6.45, 7) is 6.29. The first-order chi connectivity index (χ1) is 8.66. The molecule has 6 heteroatoms. The van der Waals surface area contributed by atoms with Gasteiger partial charge in [0.2, 0.25) is 5.91 Å². The quantitative estimate of drug-likeness (QED) is 0.843. The van der Waals surface area contributed by atoms with Gasteiger partial charge in [0.25, 0.3) is 0 Å². The van der Waals surface area contributed by atoms with E-state index in [1.165, 1.54) is 6.33 Å². The lowest BCUT2D eigenvalue weighted by atomic mass is 10.2. The number of nitrogens with one attached hydrogen (secondary N) is 1. The number of aromatic nitrogens is 2.